The zero-order valence-electron chi connectivity index (χ0n) is 10.7. The van der Waals surface area contributed by atoms with Crippen LogP contribution in [0.2, 0.25) is 0 Å². The van der Waals surface area contributed by atoms with Gasteiger partial charge in [0.2, 0.25) is 0 Å². The van der Waals surface area contributed by atoms with Gasteiger partial charge in [-0.2, -0.15) is 0 Å². The van der Waals surface area contributed by atoms with Gasteiger partial charge >= 0.3 is 0 Å². The third-order valence-corrected chi connectivity index (χ3v) is 3.41. The number of halogens is 1. The van der Waals surface area contributed by atoms with E-state index in [0.29, 0.717) is 6.54 Å². The molecule has 2 aromatic carbocycles. The number of anilines is 1. The summed E-state index contributed by atoms with van der Waals surface area (Å²) in [6.07, 6.45) is 0. The molecule has 0 aliphatic rings. The molecule has 100 valence electrons. The molecule has 0 fully saturated rings. The largest absolute Gasteiger partial charge is 0.378 e. The molecule has 3 rings (SSSR count). The van der Waals surface area contributed by atoms with E-state index in [1.807, 2.05) is 60.7 Å². The highest BCUT2D eigenvalue weighted by Gasteiger charge is 2.05. The van der Waals surface area contributed by atoms with Gasteiger partial charge in [-0.3, -0.25) is 0 Å². The van der Waals surface area contributed by atoms with Crippen LogP contribution >= 0.6 is 15.9 Å². The molecule has 20 heavy (non-hydrogen) atoms. The molecule has 0 saturated carbocycles. The van der Waals surface area contributed by atoms with Crippen LogP contribution in [0.3, 0.4) is 0 Å². The summed E-state index contributed by atoms with van der Waals surface area (Å²) in [4.78, 5) is 0. The van der Waals surface area contributed by atoms with Crippen LogP contribution < -0.4 is 5.32 Å². The van der Waals surface area contributed by atoms with E-state index >= 15 is 0 Å². The van der Waals surface area contributed by atoms with Gasteiger partial charge in [0.05, 0.1) is 6.54 Å². The highest BCUT2D eigenvalue weighted by Crippen LogP contribution is 2.20. The Hall–Kier alpha value is -2.07. The number of hydrogen-bond acceptors (Lipinski definition) is 3. The average molecular weight is 329 g/mol. The van der Waals surface area contributed by atoms with Gasteiger partial charge in [-0.25, -0.2) is 0 Å². The Labute approximate surface area is 125 Å². The molecule has 0 unspecified atom stereocenters. The van der Waals surface area contributed by atoms with Crippen molar-refractivity contribution in [3.8, 4) is 11.3 Å². The first kappa shape index (κ1) is 12.9. The Balaban J connectivity index is 1.69. The molecule has 0 bridgehead atoms. The number of rotatable bonds is 4. The molecule has 0 aliphatic carbocycles. The maximum atomic E-state index is 5.35. The van der Waals surface area contributed by atoms with Crippen LogP contribution in [0, 0.1) is 0 Å². The van der Waals surface area contributed by atoms with Crippen molar-refractivity contribution < 1.29 is 4.52 Å². The number of nitrogens with zero attached hydrogens (tertiary/aromatic N) is 1. The minimum absolute atomic E-state index is 0.607. The third-order valence-electron chi connectivity index (χ3n) is 2.92. The topological polar surface area (TPSA) is 38.1 Å². The molecule has 4 heteroatoms. The van der Waals surface area contributed by atoms with Gasteiger partial charge in [-0.15, -0.1) is 0 Å². The smallest absolute Gasteiger partial charge is 0.156 e. The fourth-order valence-electron chi connectivity index (χ4n) is 1.93. The summed E-state index contributed by atoms with van der Waals surface area (Å²) in [5.41, 5.74) is 2.96. The predicted octanol–water partition coefficient (Wildman–Crippen LogP) is 4.72. The van der Waals surface area contributed by atoms with Gasteiger partial charge in [-0.05, 0) is 18.2 Å². The van der Waals surface area contributed by atoms with E-state index in [4.69, 9.17) is 4.52 Å². The fourth-order valence-corrected chi connectivity index (χ4v) is 2.33. The van der Waals surface area contributed by atoms with Crippen LogP contribution in [0.4, 0.5) is 5.69 Å². The lowest BCUT2D eigenvalue weighted by Crippen LogP contribution is -1.97. The van der Waals surface area contributed by atoms with E-state index in [9.17, 15) is 0 Å². The lowest BCUT2D eigenvalue weighted by Gasteiger charge is -2.03. The second kappa shape index (κ2) is 5.92. The van der Waals surface area contributed by atoms with Gasteiger partial charge < -0.3 is 9.84 Å². The van der Waals surface area contributed by atoms with E-state index in [0.717, 1.165) is 27.2 Å². The standard InChI is InChI=1S/C16H13BrN2O/c17-13-7-4-8-14(9-13)18-11-15-10-16(19-20-15)12-5-2-1-3-6-12/h1-10,18H,11H2. The Morgan fingerprint density at radius 3 is 2.65 bits per heavy atom. The van der Waals surface area contributed by atoms with E-state index < -0.39 is 0 Å². The lowest BCUT2D eigenvalue weighted by molar-refractivity contribution is 0.390. The van der Waals surface area contributed by atoms with Gasteiger partial charge in [-0.1, -0.05) is 57.5 Å². The normalized spacial score (nSPS) is 10.4. The Bertz CT molecular complexity index is 694. The van der Waals surface area contributed by atoms with Crippen LogP contribution in [-0.4, -0.2) is 5.16 Å². The zero-order chi connectivity index (χ0) is 13.8. The van der Waals surface area contributed by atoms with E-state index in [1.54, 1.807) is 0 Å². The molecule has 0 saturated heterocycles. The Morgan fingerprint density at radius 1 is 1.00 bits per heavy atom. The van der Waals surface area contributed by atoms with Crippen LogP contribution in [0.25, 0.3) is 11.3 Å². The predicted molar refractivity (Wildman–Crippen MR) is 83.4 cm³/mol. The van der Waals surface area contributed by atoms with Crippen molar-refractivity contribution in [2.75, 3.05) is 5.32 Å². The summed E-state index contributed by atoms with van der Waals surface area (Å²) in [7, 11) is 0. The molecule has 1 aromatic heterocycles. The maximum absolute atomic E-state index is 5.35. The summed E-state index contributed by atoms with van der Waals surface area (Å²) >= 11 is 3.45. The first-order valence-corrected chi connectivity index (χ1v) is 7.11. The molecule has 1 heterocycles. The molecule has 1 N–H and O–H groups in total. The summed E-state index contributed by atoms with van der Waals surface area (Å²) in [5, 5.41) is 7.39. The highest BCUT2D eigenvalue weighted by atomic mass is 79.9. The molecule has 0 radical (unpaired) electrons. The SMILES string of the molecule is Brc1cccc(NCc2cc(-c3ccccc3)no2)c1. The van der Waals surface area contributed by atoms with Crippen molar-refractivity contribution in [3.63, 3.8) is 0 Å². The Kier molecular flexibility index (Phi) is 3.83. The van der Waals surface area contributed by atoms with Crippen molar-refractivity contribution in [1.29, 1.82) is 0 Å². The van der Waals surface area contributed by atoms with Crippen molar-refractivity contribution in [2.24, 2.45) is 0 Å². The Morgan fingerprint density at radius 2 is 1.85 bits per heavy atom. The van der Waals surface area contributed by atoms with Crippen molar-refractivity contribution >= 4 is 21.6 Å². The zero-order valence-corrected chi connectivity index (χ0v) is 12.3. The first-order valence-electron chi connectivity index (χ1n) is 6.32. The minimum Gasteiger partial charge on any atom is -0.378 e. The second-order valence-corrected chi connectivity index (χ2v) is 5.32. The second-order valence-electron chi connectivity index (χ2n) is 4.41. The number of nitrogens with one attached hydrogen (secondary N) is 1. The van der Waals surface area contributed by atoms with Crippen LogP contribution in [0.15, 0.2) is 69.7 Å². The van der Waals surface area contributed by atoms with E-state index in [1.165, 1.54) is 0 Å². The highest BCUT2D eigenvalue weighted by molar-refractivity contribution is 9.10. The molecule has 0 aliphatic heterocycles. The quantitative estimate of drug-likeness (QED) is 0.753. The molecule has 0 spiro atoms. The summed E-state index contributed by atoms with van der Waals surface area (Å²) in [6.45, 7) is 0.607. The molecule has 3 aromatic rings. The number of benzene rings is 2. The summed E-state index contributed by atoms with van der Waals surface area (Å²) in [5.74, 6) is 0.809. The summed E-state index contributed by atoms with van der Waals surface area (Å²) < 4.78 is 6.39. The number of hydrogen-bond donors (Lipinski definition) is 1. The van der Waals surface area contributed by atoms with Gasteiger partial charge in [0.1, 0.15) is 5.69 Å². The van der Waals surface area contributed by atoms with Crippen LogP contribution in [0.1, 0.15) is 5.76 Å². The van der Waals surface area contributed by atoms with Gasteiger partial charge in [0.25, 0.3) is 0 Å². The average Bonchev–Trinajstić information content (AvgIpc) is 2.95. The summed E-state index contributed by atoms with van der Waals surface area (Å²) in [6, 6.07) is 20.0. The lowest BCUT2D eigenvalue weighted by atomic mass is 10.1. The third kappa shape index (κ3) is 3.08. The van der Waals surface area contributed by atoms with Crippen LogP contribution in [0.5, 0.6) is 0 Å². The molecule has 0 atom stereocenters. The minimum atomic E-state index is 0.607. The molecule has 3 nitrogen and oxygen atoms in total. The molecular weight excluding hydrogens is 316 g/mol. The van der Waals surface area contributed by atoms with Crippen molar-refractivity contribution in [2.45, 2.75) is 6.54 Å². The first-order chi connectivity index (χ1) is 9.81. The van der Waals surface area contributed by atoms with Crippen molar-refractivity contribution in [1.82, 2.24) is 5.16 Å². The number of aromatic nitrogens is 1. The van der Waals surface area contributed by atoms with Gasteiger partial charge in [0, 0.05) is 21.8 Å². The monoisotopic (exact) mass is 328 g/mol. The van der Waals surface area contributed by atoms with Crippen LogP contribution in [-0.2, 0) is 6.54 Å². The molecule has 0 amide bonds. The van der Waals surface area contributed by atoms with Gasteiger partial charge in [0.15, 0.2) is 5.76 Å². The van der Waals surface area contributed by atoms with E-state index in [2.05, 4.69) is 26.4 Å². The maximum Gasteiger partial charge on any atom is 0.156 e. The van der Waals surface area contributed by atoms with Crippen molar-refractivity contribution in [3.05, 3.63) is 70.9 Å². The van der Waals surface area contributed by atoms with E-state index in [-0.39, 0.29) is 0 Å². The fraction of sp³-hybridized carbons (Fsp3) is 0.0625. The molecular formula is C16H13BrN2O.